The quantitative estimate of drug-likeness (QED) is 0.776. The molecule has 0 aromatic heterocycles. The largest absolute Gasteiger partial charge is 0.481 e. The van der Waals surface area contributed by atoms with Gasteiger partial charge in [0.25, 0.3) is 0 Å². The van der Waals surface area contributed by atoms with Crippen LogP contribution in [0.15, 0.2) is 11.3 Å². The predicted molar refractivity (Wildman–Crippen MR) is 100 cm³/mol. The van der Waals surface area contributed by atoms with E-state index in [4.69, 9.17) is 5.73 Å². The number of nitrogens with two attached hydrogens (primary N) is 1. The molecule has 4 heteroatoms. The Kier molecular flexibility index (Phi) is 4.06. The number of fused-ring (bicyclic) bond motifs is 5. The molecule has 0 spiro atoms. The number of ketones is 1. The smallest absolute Gasteiger partial charge is 0.306 e. The zero-order valence-corrected chi connectivity index (χ0v) is 16.4. The molecule has 3 N–H and O–H groups in total. The van der Waals surface area contributed by atoms with Crippen LogP contribution in [0.5, 0.6) is 0 Å². The van der Waals surface area contributed by atoms with Crippen molar-refractivity contribution in [1.82, 2.24) is 0 Å². The molecule has 0 amide bonds. The highest BCUT2D eigenvalue weighted by atomic mass is 16.4. The average Bonchev–Trinajstić information content (AvgIpc) is 2.95. The summed E-state index contributed by atoms with van der Waals surface area (Å²) in [6, 6.07) is 0. The fraction of sp³-hybridized carbons (Fsp3) is 0.818. The summed E-state index contributed by atoms with van der Waals surface area (Å²) in [5, 5.41) is 9.58. The molecule has 4 rings (SSSR count). The molecule has 7 atom stereocenters. The highest BCUT2D eigenvalue weighted by Crippen LogP contribution is 2.67. The van der Waals surface area contributed by atoms with Gasteiger partial charge in [0, 0.05) is 6.42 Å². The summed E-state index contributed by atoms with van der Waals surface area (Å²) >= 11 is 0. The minimum Gasteiger partial charge on any atom is -0.481 e. The van der Waals surface area contributed by atoms with Gasteiger partial charge in [-0.05, 0) is 85.0 Å². The van der Waals surface area contributed by atoms with Gasteiger partial charge in [0.05, 0.1) is 11.6 Å². The number of rotatable bonds is 2. The molecule has 0 heterocycles. The SMILES string of the molecule is CC(C(=O)O)[C@H]1CC[C@H]2[C@@H]3CCC4=C(N)C(=O)CC[C@]4(C)[C@H]3CC[C@]12C. The molecule has 144 valence electrons. The molecule has 4 nitrogen and oxygen atoms in total. The minimum absolute atomic E-state index is 0.0821. The van der Waals surface area contributed by atoms with Crippen LogP contribution in [0.4, 0.5) is 0 Å². The van der Waals surface area contributed by atoms with Crippen LogP contribution < -0.4 is 5.73 Å². The number of carboxylic acids is 1. The van der Waals surface area contributed by atoms with Gasteiger partial charge in [-0.1, -0.05) is 20.8 Å². The van der Waals surface area contributed by atoms with Gasteiger partial charge in [0.2, 0.25) is 0 Å². The third kappa shape index (κ3) is 2.26. The van der Waals surface area contributed by atoms with Crippen molar-refractivity contribution in [3.8, 4) is 0 Å². The van der Waals surface area contributed by atoms with Crippen LogP contribution in [-0.2, 0) is 9.59 Å². The molecular weight excluding hydrogens is 326 g/mol. The van der Waals surface area contributed by atoms with Gasteiger partial charge >= 0.3 is 5.97 Å². The Morgan fingerprint density at radius 2 is 1.85 bits per heavy atom. The van der Waals surface area contributed by atoms with E-state index in [0.717, 1.165) is 38.5 Å². The fourth-order valence-electron chi connectivity index (χ4n) is 7.79. The number of carboxylic acid groups (broad SMARTS) is 1. The molecule has 0 saturated heterocycles. The van der Waals surface area contributed by atoms with Crippen LogP contribution in [0, 0.1) is 40.4 Å². The van der Waals surface area contributed by atoms with Crippen LogP contribution in [0.2, 0.25) is 0 Å². The maximum Gasteiger partial charge on any atom is 0.306 e. The second-order valence-corrected chi connectivity index (χ2v) is 10.0. The number of carbonyl (C=O) groups excluding carboxylic acids is 1. The summed E-state index contributed by atoms with van der Waals surface area (Å²) in [7, 11) is 0. The monoisotopic (exact) mass is 359 g/mol. The molecular formula is C22H33NO3. The average molecular weight is 360 g/mol. The van der Waals surface area contributed by atoms with Gasteiger partial charge < -0.3 is 10.8 Å². The van der Waals surface area contributed by atoms with Crippen molar-refractivity contribution in [3.63, 3.8) is 0 Å². The van der Waals surface area contributed by atoms with E-state index in [1.807, 2.05) is 6.92 Å². The number of Topliss-reactive ketones (excluding diaryl/α,β-unsaturated/α-hetero) is 1. The number of aliphatic carboxylic acids is 1. The standard InChI is InChI=1S/C22H33NO3/c1-12(20(25)26)14-6-7-15-13-4-5-17-19(23)18(24)9-11-22(17,3)16(13)8-10-21(14,15)2/h12-16H,4-11,23H2,1-3H3,(H,25,26)/t12?,13-,14+,15-,16-,21+,22+/m0/s1. The molecule has 0 aromatic rings. The first-order valence-corrected chi connectivity index (χ1v) is 10.4. The topological polar surface area (TPSA) is 80.4 Å². The third-order valence-electron chi connectivity index (χ3n) is 9.24. The predicted octanol–water partition coefficient (Wildman–Crippen LogP) is 4.14. The maximum atomic E-state index is 12.1. The lowest BCUT2D eigenvalue weighted by Crippen LogP contribution is -2.52. The summed E-state index contributed by atoms with van der Waals surface area (Å²) in [4.78, 5) is 23.8. The van der Waals surface area contributed by atoms with Gasteiger partial charge in [-0.3, -0.25) is 9.59 Å². The van der Waals surface area contributed by atoms with E-state index < -0.39 is 5.97 Å². The molecule has 1 unspecified atom stereocenters. The maximum absolute atomic E-state index is 12.1. The highest BCUT2D eigenvalue weighted by molar-refractivity contribution is 5.96. The van der Waals surface area contributed by atoms with Crippen LogP contribution >= 0.6 is 0 Å². The molecule has 4 aliphatic carbocycles. The van der Waals surface area contributed by atoms with Gasteiger partial charge in [0.1, 0.15) is 0 Å². The van der Waals surface area contributed by atoms with Crippen molar-refractivity contribution in [2.75, 3.05) is 0 Å². The lowest BCUT2D eigenvalue weighted by molar-refractivity contribution is -0.146. The van der Waals surface area contributed by atoms with E-state index in [-0.39, 0.29) is 22.5 Å². The Hall–Kier alpha value is -1.32. The fourth-order valence-corrected chi connectivity index (χ4v) is 7.79. The second kappa shape index (κ2) is 5.84. The van der Waals surface area contributed by atoms with E-state index in [1.54, 1.807) is 0 Å². The molecule has 4 aliphatic rings. The summed E-state index contributed by atoms with van der Waals surface area (Å²) in [6.07, 6.45) is 8.12. The molecule has 3 saturated carbocycles. The Bertz CT molecular complexity index is 683. The Morgan fingerprint density at radius 3 is 2.54 bits per heavy atom. The summed E-state index contributed by atoms with van der Waals surface area (Å²) in [5.74, 6) is 1.45. The summed E-state index contributed by atoms with van der Waals surface area (Å²) in [6.45, 7) is 6.63. The number of hydrogen-bond acceptors (Lipinski definition) is 3. The molecule has 0 aliphatic heterocycles. The Morgan fingerprint density at radius 1 is 1.12 bits per heavy atom. The van der Waals surface area contributed by atoms with Crippen LogP contribution in [0.3, 0.4) is 0 Å². The van der Waals surface area contributed by atoms with Crippen molar-refractivity contribution >= 4 is 11.8 Å². The summed E-state index contributed by atoms with van der Waals surface area (Å²) in [5.41, 5.74) is 8.28. The van der Waals surface area contributed by atoms with Gasteiger partial charge in [-0.25, -0.2) is 0 Å². The van der Waals surface area contributed by atoms with Crippen molar-refractivity contribution < 1.29 is 14.7 Å². The van der Waals surface area contributed by atoms with Crippen LogP contribution in [0.1, 0.15) is 72.1 Å². The van der Waals surface area contributed by atoms with Gasteiger partial charge in [-0.15, -0.1) is 0 Å². The molecule has 0 aromatic carbocycles. The third-order valence-corrected chi connectivity index (χ3v) is 9.24. The van der Waals surface area contributed by atoms with Crippen molar-refractivity contribution in [2.24, 2.45) is 46.2 Å². The first-order valence-electron chi connectivity index (χ1n) is 10.4. The number of carbonyl (C=O) groups is 2. The highest BCUT2D eigenvalue weighted by Gasteiger charge is 2.60. The van der Waals surface area contributed by atoms with Crippen molar-refractivity contribution in [3.05, 3.63) is 11.3 Å². The van der Waals surface area contributed by atoms with E-state index >= 15 is 0 Å². The van der Waals surface area contributed by atoms with Crippen molar-refractivity contribution in [1.29, 1.82) is 0 Å². The number of allylic oxidation sites excluding steroid dienone is 1. The lowest BCUT2D eigenvalue weighted by atomic mass is 9.46. The molecule has 0 radical (unpaired) electrons. The molecule has 0 bridgehead atoms. The van der Waals surface area contributed by atoms with E-state index in [9.17, 15) is 14.7 Å². The summed E-state index contributed by atoms with van der Waals surface area (Å²) < 4.78 is 0. The van der Waals surface area contributed by atoms with Gasteiger partial charge in [-0.2, -0.15) is 0 Å². The lowest BCUT2D eigenvalue weighted by Gasteiger charge is -2.58. The Labute approximate surface area is 156 Å². The van der Waals surface area contributed by atoms with E-state index in [1.165, 1.54) is 12.0 Å². The van der Waals surface area contributed by atoms with E-state index in [0.29, 0.717) is 35.8 Å². The first kappa shape index (κ1) is 18.1. The zero-order valence-electron chi connectivity index (χ0n) is 16.4. The molecule has 26 heavy (non-hydrogen) atoms. The van der Waals surface area contributed by atoms with E-state index in [2.05, 4.69) is 13.8 Å². The molecule has 3 fully saturated rings. The van der Waals surface area contributed by atoms with Crippen LogP contribution in [-0.4, -0.2) is 16.9 Å². The van der Waals surface area contributed by atoms with Crippen molar-refractivity contribution in [2.45, 2.75) is 72.1 Å². The van der Waals surface area contributed by atoms with Gasteiger partial charge in [0.15, 0.2) is 5.78 Å². The Balaban J connectivity index is 1.66. The minimum atomic E-state index is -0.640. The van der Waals surface area contributed by atoms with Crippen LogP contribution in [0.25, 0.3) is 0 Å². The first-order chi connectivity index (χ1) is 12.2. The second-order valence-electron chi connectivity index (χ2n) is 10.0. The zero-order chi connectivity index (χ0) is 18.9. The number of hydrogen-bond donors (Lipinski definition) is 2. The normalized spacial score (nSPS) is 46.3.